The molecule has 0 heterocycles. The Labute approximate surface area is 62.6 Å². The van der Waals surface area contributed by atoms with Gasteiger partial charge < -0.3 is 10.4 Å². The van der Waals surface area contributed by atoms with Gasteiger partial charge in [-0.3, -0.25) is 0 Å². The molecule has 3 atom stereocenters. The Hall–Kier alpha value is -0.0800. The lowest BCUT2D eigenvalue weighted by atomic mass is 9.85. The summed E-state index contributed by atoms with van der Waals surface area (Å²) >= 11 is 0. The molecule has 0 amide bonds. The third kappa shape index (κ3) is 1.70. The van der Waals surface area contributed by atoms with Gasteiger partial charge in [-0.2, -0.15) is 0 Å². The van der Waals surface area contributed by atoms with Crippen LogP contribution in [0.5, 0.6) is 0 Å². The van der Waals surface area contributed by atoms with Crippen molar-refractivity contribution in [2.45, 2.75) is 38.3 Å². The van der Waals surface area contributed by atoms with E-state index in [1.165, 1.54) is 6.42 Å². The molecular weight excluding hydrogens is 126 g/mol. The molecule has 1 saturated carbocycles. The summed E-state index contributed by atoms with van der Waals surface area (Å²) in [7, 11) is 1.97. The molecule has 1 aliphatic carbocycles. The van der Waals surface area contributed by atoms with Crippen LogP contribution in [0, 0.1) is 5.92 Å². The lowest BCUT2D eigenvalue weighted by Gasteiger charge is -2.30. The fourth-order valence-corrected chi connectivity index (χ4v) is 1.56. The molecule has 1 rings (SSSR count). The van der Waals surface area contributed by atoms with E-state index in [4.69, 9.17) is 0 Å². The molecular formula is C8H17NO. The Balaban J connectivity index is 2.33. The zero-order valence-corrected chi connectivity index (χ0v) is 6.80. The molecule has 2 N–H and O–H groups in total. The van der Waals surface area contributed by atoms with Crippen molar-refractivity contribution in [2.24, 2.45) is 5.92 Å². The van der Waals surface area contributed by atoms with Crippen LogP contribution in [0.15, 0.2) is 0 Å². The summed E-state index contributed by atoms with van der Waals surface area (Å²) in [4.78, 5) is 0. The van der Waals surface area contributed by atoms with Gasteiger partial charge >= 0.3 is 0 Å². The minimum absolute atomic E-state index is 0.0776. The van der Waals surface area contributed by atoms with Gasteiger partial charge in [-0.1, -0.05) is 6.92 Å². The number of hydrogen-bond donors (Lipinski definition) is 2. The van der Waals surface area contributed by atoms with E-state index in [-0.39, 0.29) is 6.10 Å². The second-order valence-electron chi connectivity index (χ2n) is 3.34. The van der Waals surface area contributed by atoms with E-state index in [1.54, 1.807) is 0 Å². The third-order valence-corrected chi connectivity index (χ3v) is 2.56. The zero-order chi connectivity index (χ0) is 7.56. The second kappa shape index (κ2) is 3.35. The molecule has 2 heteroatoms. The first kappa shape index (κ1) is 8.02. The molecule has 0 radical (unpaired) electrons. The van der Waals surface area contributed by atoms with E-state index in [9.17, 15) is 5.11 Å². The van der Waals surface area contributed by atoms with Crippen LogP contribution in [0.3, 0.4) is 0 Å². The summed E-state index contributed by atoms with van der Waals surface area (Å²) in [5.74, 6) is 0.504. The SMILES string of the molecule is CN[C@@H]1CC[C@H](C)[C@@H](O)C1. The molecule has 0 aromatic heterocycles. The molecule has 0 spiro atoms. The number of rotatable bonds is 1. The Morgan fingerprint density at radius 2 is 2.10 bits per heavy atom. The van der Waals surface area contributed by atoms with Crippen LogP contribution in [-0.4, -0.2) is 24.3 Å². The van der Waals surface area contributed by atoms with Gasteiger partial charge in [-0.25, -0.2) is 0 Å². The van der Waals surface area contributed by atoms with Gasteiger partial charge in [0.05, 0.1) is 6.10 Å². The fourth-order valence-electron chi connectivity index (χ4n) is 1.56. The van der Waals surface area contributed by atoms with Gasteiger partial charge in [0.15, 0.2) is 0 Å². The number of nitrogens with one attached hydrogen (secondary N) is 1. The first-order valence-corrected chi connectivity index (χ1v) is 4.09. The van der Waals surface area contributed by atoms with Crippen LogP contribution in [0.2, 0.25) is 0 Å². The molecule has 60 valence electrons. The highest BCUT2D eigenvalue weighted by Gasteiger charge is 2.24. The van der Waals surface area contributed by atoms with Crippen molar-refractivity contribution >= 4 is 0 Å². The summed E-state index contributed by atoms with van der Waals surface area (Å²) in [6.07, 6.45) is 3.23. The predicted octanol–water partition coefficient (Wildman–Crippen LogP) is 0.755. The van der Waals surface area contributed by atoms with E-state index in [1.807, 2.05) is 7.05 Å². The molecule has 0 aliphatic heterocycles. The first-order valence-electron chi connectivity index (χ1n) is 4.09. The van der Waals surface area contributed by atoms with E-state index in [0.29, 0.717) is 12.0 Å². The zero-order valence-electron chi connectivity index (χ0n) is 6.80. The highest BCUT2D eigenvalue weighted by molar-refractivity contribution is 4.80. The largest absolute Gasteiger partial charge is 0.393 e. The van der Waals surface area contributed by atoms with E-state index in [2.05, 4.69) is 12.2 Å². The molecule has 0 saturated heterocycles. The van der Waals surface area contributed by atoms with Gasteiger partial charge in [0.2, 0.25) is 0 Å². The smallest absolute Gasteiger partial charge is 0.0580 e. The van der Waals surface area contributed by atoms with Crippen molar-refractivity contribution in [1.29, 1.82) is 0 Å². The molecule has 0 aromatic rings. The van der Waals surface area contributed by atoms with Crippen molar-refractivity contribution in [3.8, 4) is 0 Å². The number of aliphatic hydroxyl groups is 1. The predicted molar refractivity (Wildman–Crippen MR) is 41.9 cm³/mol. The molecule has 2 nitrogen and oxygen atoms in total. The fraction of sp³-hybridized carbons (Fsp3) is 1.00. The molecule has 0 bridgehead atoms. The standard InChI is InChI=1S/C8H17NO/c1-6-3-4-7(9-2)5-8(6)10/h6-10H,3-5H2,1-2H3/t6-,7+,8-/m0/s1. The van der Waals surface area contributed by atoms with Crippen LogP contribution < -0.4 is 5.32 Å². The van der Waals surface area contributed by atoms with Crippen LogP contribution in [0.1, 0.15) is 26.2 Å². The Kier molecular flexibility index (Phi) is 2.69. The number of hydrogen-bond acceptors (Lipinski definition) is 2. The van der Waals surface area contributed by atoms with Gasteiger partial charge in [0.1, 0.15) is 0 Å². The average molecular weight is 143 g/mol. The third-order valence-electron chi connectivity index (χ3n) is 2.56. The maximum absolute atomic E-state index is 9.44. The summed E-state index contributed by atoms with van der Waals surface area (Å²) in [6, 6.07) is 0.547. The molecule has 0 unspecified atom stereocenters. The molecule has 1 fully saturated rings. The summed E-state index contributed by atoms with van der Waals surface area (Å²) in [5.41, 5.74) is 0. The van der Waals surface area contributed by atoms with Gasteiger partial charge in [-0.15, -0.1) is 0 Å². The summed E-state index contributed by atoms with van der Waals surface area (Å²) in [5, 5.41) is 12.6. The van der Waals surface area contributed by atoms with Crippen LogP contribution >= 0.6 is 0 Å². The van der Waals surface area contributed by atoms with Crippen LogP contribution in [0.25, 0.3) is 0 Å². The minimum Gasteiger partial charge on any atom is -0.393 e. The quantitative estimate of drug-likeness (QED) is 0.568. The van der Waals surface area contributed by atoms with Crippen molar-refractivity contribution in [3.05, 3.63) is 0 Å². The molecule has 1 aliphatic rings. The Morgan fingerprint density at radius 3 is 2.60 bits per heavy atom. The molecule has 10 heavy (non-hydrogen) atoms. The lowest BCUT2D eigenvalue weighted by Crippen LogP contribution is -2.37. The van der Waals surface area contributed by atoms with Crippen molar-refractivity contribution in [2.75, 3.05) is 7.05 Å². The first-order chi connectivity index (χ1) is 4.74. The van der Waals surface area contributed by atoms with Crippen molar-refractivity contribution in [1.82, 2.24) is 5.32 Å². The maximum Gasteiger partial charge on any atom is 0.0580 e. The van der Waals surface area contributed by atoms with Crippen LogP contribution in [-0.2, 0) is 0 Å². The van der Waals surface area contributed by atoms with E-state index >= 15 is 0 Å². The highest BCUT2D eigenvalue weighted by Crippen LogP contribution is 2.23. The Morgan fingerprint density at radius 1 is 1.40 bits per heavy atom. The normalized spacial score (nSPS) is 41.7. The summed E-state index contributed by atoms with van der Waals surface area (Å²) in [6.45, 7) is 2.12. The van der Waals surface area contributed by atoms with Crippen molar-refractivity contribution in [3.63, 3.8) is 0 Å². The van der Waals surface area contributed by atoms with Gasteiger partial charge in [0.25, 0.3) is 0 Å². The highest BCUT2D eigenvalue weighted by atomic mass is 16.3. The molecule has 0 aromatic carbocycles. The van der Waals surface area contributed by atoms with E-state index in [0.717, 1.165) is 12.8 Å². The van der Waals surface area contributed by atoms with Crippen molar-refractivity contribution < 1.29 is 5.11 Å². The lowest BCUT2D eigenvalue weighted by molar-refractivity contribution is 0.0651. The Bertz CT molecular complexity index is 105. The van der Waals surface area contributed by atoms with Crippen LogP contribution in [0.4, 0.5) is 0 Å². The van der Waals surface area contributed by atoms with E-state index < -0.39 is 0 Å². The monoisotopic (exact) mass is 143 g/mol. The minimum atomic E-state index is -0.0776. The second-order valence-corrected chi connectivity index (χ2v) is 3.34. The topological polar surface area (TPSA) is 32.3 Å². The van der Waals surface area contributed by atoms with Gasteiger partial charge in [-0.05, 0) is 32.2 Å². The van der Waals surface area contributed by atoms with Gasteiger partial charge in [0, 0.05) is 6.04 Å². The number of aliphatic hydroxyl groups excluding tert-OH is 1. The summed E-state index contributed by atoms with van der Waals surface area (Å²) < 4.78 is 0. The average Bonchev–Trinajstić information content (AvgIpc) is 1.95. The maximum atomic E-state index is 9.44.